The van der Waals surface area contributed by atoms with Crippen molar-refractivity contribution >= 4 is 5.78 Å². The third-order valence-electron chi connectivity index (χ3n) is 2.85. The molecule has 0 amide bonds. The molecule has 0 spiro atoms. The van der Waals surface area contributed by atoms with E-state index in [2.05, 4.69) is 39.0 Å². The molecule has 0 aliphatic carbocycles. The maximum absolute atomic E-state index is 12.0. The highest BCUT2D eigenvalue weighted by atomic mass is 16.5. The summed E-state index contributed by atoms with van der Waals surface area (Å²) in [4.78, 5) is 12.0. The minimum atomic E-state index is -0.249. The first-order valence-electron chi connectivity index (χ1n) is 6.19. The Morgan fingerprint density at radius 2 is 1.82 bits per heavy atom. The van der Waals surface area contributed by atoms with Crippen LogP contribution in [0.15, 0.2) is 18.2 Å². The van der Waals surface area contributed by atoms with Gasteiger partial charge in [0.1, 0.15) is 6.10 Å². The lowest BCUT2D eigenvalue weighted by atomic mass is 9.99. The quantitative estimate of drug-likeness (QED) is 0.755. The second kappa shape index (κ2) is 6.55. The van der Waals surface area contributed by atoms with Crippen molar-refractivity contribution in [2.24, 2.45) is 0 Å². The van der Waals surface area contributed by atoms with Crippen molar-refractivity contribution in [3.05, 3.63) is 34.9 Å². The summed E-state index contributed by atoms with van der Waals surface area (Å²) in [5, 5.41) is 0. The number of hydrogen-bond donors (Lipinski definition) is 0. The number of carbonyl (C=O) groups is 1. The van der Waals surface area contributed by atoms with Gasteiger partial charge in [-0.05, 0) is 25.8 Å². The number of carbonyl (C=O) groups excluding carboxylic acids is 1. The van der Waals surface area contributed by atoms with E-state index in [1.807, 2.05) is 0 Å². The molecule has 0 aliphatic heterocycles. The Morgan fingerprint density at radius 3 is 2.29 bits per heavy atom. The molecule has 1 aromatic rings. The van der Waals surface area contributed by atoms with Gasteiger partial charge in [0.05, 0.1) is 0 Å². The standard InChI is InChI=1S/C15H22O2/c1-5-6-15(17-4)14(16)10-13-8-11(2)7-12(3)9-13/h7-9,15H,5-6,10H2,1-4H3. The van der Waals surface area contributed by atoms with Crippen LogP contribution < -0.4 is 0 Å². The van der Waals surface area contributed by atoms with Gasteiger partial charge in [-0.25, -0.2) is 0 Å². The summed E-state index contributed by atoms with van der Waals surface area (Å²) in [5.41, 5.74) is 3.50. The number of methoxy groups -OCH3 is 1. The van der Waals surface area contributed by atoms with Gasteiger partial charge in [0.25, 0.3) is 0 Å². The van der Waals surface area contributed by atoms with Crippen LogP contribution in [-0.4, -0.2) is 19.0 Å². The van der Waals surface area contributed by atoms with E-state index >= 15 is 0 Å². The molecule has 0 fully saturated rings. The Balaban J connectivity index is 2.72. The average Bonchev–Trinajstić information content (AvgIpc) is 2.24. The Bertz CT molecular complexity index is 362. The van der Waals surface area contributed by atoms with Crippen LogP contribution in [0.25, 0.3) is 0 Å². The molecule has 17 heavy (non-hydrogen) atoms. The van der Waals surface area contributed by atoms with Gasteiger partial charge < -0.3 is 4.74 Å². The highest BCUT2D eigenvalue weighted by molar-refractivity contribution is 5.85. The highest BCUT2D eigenvalue weighted by Crippen LogP contribution is 2.12. The van der Waals surface area contributed by atoms with E-state index in [9.17, 15) is 4.79 Å². The summed E-state index contributed by atoms with van der Waals surface area (Å²) in [6, 6.07) is 6.26. The van der Waals surface area contributed by atoms with Crippen LogP contribution in [0.4, 0.5) is 0 Å². The first kappa shape index (κ1) is 13.9. The van der Waals surface area contributed by atoms with E-state index in [4.69, 9.17) is 4.74 Å². The topological polar surface area (TPSA) is 26.3 Å². The van der Waals surface area contributed by atoms with Gasteiger partial charge in [-0.15, -0.1) is 0 Å². The van der Waals surface area contributed by atoms with E-state index in [0.717, 1.165) is 18.4 Å². The molecule has 94 valence electrons. The SMILES string of the molecule is CCCC(OC)C(=O)Cc1cc(C)cc(C)c1. The van der Waals surface area contributed by atoms with Crippen molar-refractivity contribution < 1.29 is 9.53 Å². The monoisotopic (exact) mass is 234 g/mol. The van der Waals surface area contributed by atoms with E-state index in [0.29, 0.717) is 6.42 Å². The lowest BCUT2D eigenvalue weighted by molar-refractivity contribution is -0.128. The predicted molar refractivity (Wildman–Crippen MR) is 70.3 cm³/mol. The summed E-state index contributed by atoms with van der Waals surface area (Å²) in [7, 11) is 1.61. The van der Waals surface area contributed by atoms with Crippen LogP contribution in [0, 0.1) is 13.8 Å². The zero-order valence-corrected chi connectivity index (χ0v) is 11.2. The van der Waals surface area contributed by atoms with Crippen molar-refractivity contribution in [1.82, 2.24) is 0 Å². The Morgan fingerprint density at radius 1 is 1.24 bits per heavy atom. The minimum Gasteiger partial charge on any atom is -0.374 e. The Kier molecular flexibility index (Phi) is 5.36. The van der Waals surface area contributed by atoms with Gasteiger partial charge >= 0.3 is 0 Å². The van der Waals surface area contributed by atoms with Crippen LogP contribution in [0.2, 0.25) is 0 Å². The summed E-state index contributed by atoms with van der Waals surface area (Å²) < 4.78 is 5.24. The molecule has 0 aliphatic rings. The Labute approximate surface area is 104 Å². The van der Waals surface area contributed by atoms with Crippen LogP contribution in [-0.2, 0) is 16.0 Å². The number of rotatable bonds is 6. The van der Waals surface area contributed by atoms with Crippen LogP contribution in [0.5, 0.6) is 0 Å². The molecule has 0 heterocycles. The van der Waals surface area contributed by atoms with Gasteiger partial charge in [-0.1, -0.05) is 42.7 Å². The Hall–Kier alpha value is -1.15. The molecule has 1 atom stereocenters. The lowest BCUT2D eigenvalue weighted by Crippen LogP contribution is -2.24. The van der Waals surface area contributed by atoms with Gasteiger partial charge in [0.15, 0.2) is 5.78 Å². The zero-order chi connectivity index (χ0) is 12.8. The molecule has 0 aromatic heterocycles. The van der Waals surface area contributed by atoms with E-state index in [1.54, 1.807) is 7.11 Å². The second-order valence-electron chi connectivity index (χ2n) is 4.65. The number of ether oxygens (including phenoxy) is 1. The van der Waals surface area contributed by atoms with Gasteiger partial charge in [0, 0.05) is 13.5 Å². The average molecular weight is 234 g/mol. The van der Waals surface area contributed by atoms with Gasteiger partial charge in [-0.3, -0.25) is 4.79 Å². The van der Waals surface area contributed by atoms with Crippen LogP contribution in [0.1, 0.15) is 36.5 Å². The molecule has 0 saturated carbocycles. The first-order valence-corrected chi connectivity index (χ1v) is 6.19. The van der Waals surface area contributed by atoms with E-state index in [1.165, 1.54) is 11.1 Å². The smallest absolute Gasteiger partial charge is 0.165 e. The molecule has 0 N–H and O–H groups in total. The largest absolute Gasteiger partial charge is 0.374 e. The summed E-state index contributed by atoms with van der Waals surface area (Å²) in [6.07, 6.45) is 2.00. The predicted octanol–water partition coefficient (Wildman–Crippen LogP) is 3.23. The summed E-state index contributed by atoms with van der Waals surface area (Å²) >= 11 is 0. The molecule has 2 heteroatoms. The fourth-order valence-corrected chi connectivity index (χ4v) is 2.16. The summed E-state index contributed by atoms with van der Waals surface area (Å²) in [5.74, 6) is 0.180. The fourth-order valence-electron chi connectivity index (χ4n) is 2.16. The fraction of sp³-hybridized carbons (Fsp3) is 0.533. The van der Waals surface area contributed by atoms with Crippen molar-refractivity contribution in [2.75, 3.05) is 7.11 Å². The van der Waals surface area contributed by atoms with E-state index in [-0.39, 0.29) is 11.9 Å². The molecule has 1 aromatic carbocycles. The van der Waals surface area contributed by atoms with Crippen molar-refractivity contribution in [2.45, 2.75) is 46.1 Å². The van der Waals surface area contributed by atoms with Gasteiger partial charge in [-0.2, -0.15) is 0 Å². The lowest BCUT2D eigenvalue weighted by Gasteiger charge is -2.13. The third kappa shape index (κ3) is 4.31. The highest BCUT2D eigenvalue weighted by Gasteiger charge is 2.16. The normalized spacial score (nSPS) is 12.5. The maximum Gasteiger partial charge on any atom is 0.165 e. The molecular formula is C15H22O2. The number of hydrogen-bond acceptors (Lipinski definition) is 2. The number of Topliss-reactive ketones (excluding diaryl/α,β-unsaturated/α-hetero) is 1. The number of benzene rings is 1. The molecule has 1 unspecified atom stereocenters. The first-order chi connectivity index (χ1) is 8.06. The molecular weight excluding hydrogens is 212 g/mol. The second-order valence-corrected chi connectivity index (χ2v) is 4.65. The molecule has 1 rings (SSSR count). The van der Waals surface area contributed by atoms with Crippen molar-refractivity contribution in [3.8, 4) is 0 Å². The molecule has 2 nitrogen and oxygen atoms in total. The van der Waals surface area contributed by atoms with Crippen LogP contribution >= 0.6 is 0 Å². The molecule has 0 saturated heterocycles. The van der Waals surface area contributed by atoms with Crippen molar-refractivity contribution in [3.63, 3.8) is 0 Å². The summed E-state index contributed by atoms with van der Waals surface area (Å²) in [6.45, 7) is 6.18. The third-order valence-corrected chi connectivity index (χ3v) is 2.85. The molecule has 0 radical (unpaired) electrons. The molecule has 0 bridgehead atoms. The number of aryl methyl sites for hydroxylation is 2. The van der Waals surface area contributed by atoms with E-state index < -0.39 is 0 Å². The van der Waals surface area contributed by atoms with Gasteiger partial charge in [0.2, 0.25) is 0 Å². The van der Waals surface area contributed by atoms with Crippen LogP contribution in [0.3, 0.4) is 0 Å². The van der Waals surface area contributed by atoms with Crippen molar-refractivity contribution in [1.29, 1.82) is 0 Å². The minimum absolute atomic E-state index is 0.180. The number of ketones is 1. The maximum atomic E-state index is 12.0. The zero-order valence-electron chi connectivity index (χ0n) is 11.2.